The van der Waals surface area contributed by atoms with Gasteiger partial charge >= 0.3 is 6.09 Å². The molecule has 2 aromatic rings. The summed E-state index contributed by atoms with van der Waals surface area (Å²) < 4.78 is 18.6. The number of para-hydroxylation sites is 1. The van der Waals surface area contributed by atoms with Crippen LogP contribution >= 0.6 is 0 Å². The van der Waals surface area contributed by atoms with Gasteiger partial charge in [0.05, 0.1) is 5.69 Å². The Bertz CT molecular complexity index is 573. The van der Waals surface area contributed by atoms with E-state index >= 15 is 0 Å². The van der Waals surface area contributed by atoms with Crippen molar-refractivity contribution in [2.75, 3.05) is 5.32 Å². The first-order chi connectivity index (χ1) is 9.19. The predicted molar refractivity (Wildman–Crippen MR) is 70.4 cm³/mol. The lowest BCUT2D eigenvalue weighted by molar-refractivity contribution is 0.215. The van der Waals surface area contributed by atoms with Crippen LogP contribution in [-0.2, 0) is 6.54 Å². The van der Waals surface area contributed by atoms with E-state index < -0.39 is 11.9 Å². The third-order valence-corrected chi connectivity index (χ3v) is 2.46. The van der Waals surface area contributed by atoms with Crippen molar-refractivity contribution in [2.45, 2.75) is 6.54 Å². The fourth-order valence-corrected chi connectivity index (χ4v) is 1.52. The number of halogens is 1. The highest BCUT2D eigenvalue weighted by Gasteiger charge is 2.09. The van der Waals surface area contributed by atoms with Gasteiger partial charge in [0.2, 0.25) is 0 Å². The zero-order valence-corrected chi connectivity index (χ0v) is 10.1. The lowest BCUT2D eigenvalue weighted by Gasteiger charge is -2.08. The minimum absolute atomic E-state index is 0.0538. The molecule has 4 nitrogen and oxygen atoms in total. The van der Waals surface area contributed by atoms with Crippen LogP contribution in [0.5, 0.6) is 5.75 Å². The third kappa shape index (κ3) is 3.53. The molecule has 0 bridgehead atoms. The van der Waals surface area contributed by atoms with E-state index in [1.807, 2.05) is 0 Å². The Morgan fingerprint density at radius 2 is 1.95 bits per heavy atom. The van der Waals surface area contributed by atoms with Gasteiger partial charge < -0.3 is 10.5 Å². The normalized spacial score (nSPS) is 10.0. The molecule has 0 heterocycles. The molecule has 0 aliphatic rings. The quantitative estimate of drug-likeness (QED) is 0.891. The number of hydrogen-bond donors (Lipinski definition) is 2. The number of ether oxygens (including phenoxy) is 1. The second-order valence-corrected chi connectivity index (χ2v) is 3.85. The molecule has 3 N–H and O–H groups in total. The van der Waals surface area contributed by atoms with Gasteiger partial charge in [-0.3, -0.25) is 5.32 Å². The molecule has 0 saturated carbocycles. The molecule has 0 unspecified atom stereocenters. The molecule has 1 amide bonds. The van der Waals surface area contributed by atoms with Gasteiger partial charge in [-0.05, 0) is 29.8 Å². The van der Waals surface area contributed by atoms with Crippen molar-refractivity contribution in [2.24, 2.45) is 5.73 Å². The fourth-order valence-electron chi connectivity index (χ4n) is 1.52. The lowest BCUT2D eigenvalue weighted by Crippen LogP contribution is -2.17. The van der Waals surface area contributed by atoms with Gasteiger partial charge in [-0.25, -0.2) is 9.18 Å². The molecule has 0 spiro atoms. The van der Waals surface area contributed by atoms with E-state index in [1.165, 1.54) is 12.1 Å². The van der Waals surface area contributed by atoms with E-state index in [2.05, 4.69) is 5.32 Å². The Kier molecular flexibility index (Phi) is 4.10. The van der Waals surface area contributed by atoms with Gasteiger partial charge in [0.25, 0.3) is 0 Å². The number of nitrogens with two attached hydrogens (primary N) is 1. The summed E-state index contributed by atoms with van der Waals surface area (Å²) in [6.07, 6.45) is -0.745. The van der Waals surface area contributed by atoms with Gasteiger partial charge in [0.1, 0.15) is 11.6 Å². The van der Waals surface area contributed by atoms with Crippen molar-refractivity contribution in [3.05, 3.63) is 59.9 Å². The van der Waals surface area contributed by atoms with Crippen LogP contribution in [0.1, 0.15) is 5.56 Å². The van der Waals surface area contributed by atoms with Gasteiger partial charge in [0.15, 0.2) is 0 Å². The zero-order chi connectivity index (χ0) is 13.7. The van der Waals surface area contributed by atoms with Gasteiger partial charge in [0, 0.05) is 6.54 Å². The van der Waals surface area contributed by atoms with Crippen molar-refractivity contribution >= 4 is 11.8 Å². The van der Waals surface area contributed by atoms with Crippen molar-refractivity contribution in [1.29, 1.82) is 0 Å². The van der Waals surface area contributed by atoms with Crippen molar-refractivity contribution in [3.63, 3.8) is 0 Å². The maximum atomic E-state index is 13.6. The van der Waals surface area contributed by atoms with E-state index in [9.17, 15) is 9.18 Å². The molecule has 98 valence electrons. The van der Waals surface area contributed by atoms with E-state index in [0.717, 1.165) is 0 Å². The highest BCUT2D eigenvalue weighted by atomic mass is 19.1. The Morgan fingerprint density at radius 1 is 1.21 bits per heavy atom. The monoisotopic (exact) mass is 260 g/mol. The van der Waals surface area contributed by atoms with E-state index in [-0.39, 0.29) is 12.2 Å². The van der Waals surface area contributed by atoms with Crippen molar-refractivity contribution in [3.8, 4) is 5.75 Å². The molecular formula is C14H13FN2O2. The number of anilines is 1. The van der Waals surface area contributed by atoms with E-state index in [0.29, 0.717) is 11.3 Å². The molecule has 0 saturated heterocycles. The molecule has 0 atom stereocenters. The summed E-state index contributed by atoms with van der Waals surface area (Å²) in [7, 11) is 0. The smallest absolute Gasteiger partial charge is 0.410 e. The second-order valence-electron chi connectivity index (χ2n) is 3.85. The first-order valence-electron chi connectivity index (χ1n) is 5.71. The number of carbonyl (C=O) groups is 1. The van der Waals surface area contributed by atoms with Gasteiger partial charge in [-0.15, -0.1) is 0 Å². The number of benzene rings is 2. The maximum absolute atomic E-state index is 13.6. The van der Waals surface area contributed by atoms with Crippen LogP contribution in [0, 0.1) is 5.82 Å². The zero-order valence-electron chi connectivity index (χ0n) is 10.1. The molecular weight excluding hydrogens is 247 g/mol. The number of nitrogens with one attached hydrogen (secondary N) is 1. The summed E-state index contributed by atoms with van der Waals surface area (Å²) in [6, 6.07) is 12.9. The molecule has 19 heavy (non-hydrogen) atoms. The molecule has 0 aliphatic heterocycles. The standard InChI is InChI=1S/C14H13FN2O2/c15-12-8-10(9-16)6-7-13(12)17-14(18)19-11-4-2-1-3-5-11/h1-8H,9,16H2,(H,17,18). The molecule has 5 heteroatoms. The van der Waals surface area contributed by atoms with Crippen LogP contribution in [-0.4, -0.2) is 6.09 Å². The predicted octanol–water partition coefficient (Wildman–Crippen LogP) is 2.90. The first kappa shape index (κ1) is 13.0. The summed E-state index contributed by atoms with van der Waals surface area (Å²) in [4.78, 5) is 11.6. The molecule has 2 rings (SSSR count). The van der Waals surface area contributed by atoms with Gasteiger partial charge in [-0.2, -0.15) is 0 Å². The maximum Gasteiger partial charge on any atom is 0.417 e. The number of carbonyl (C=O) groups excluding carboxylic acids is 1. The number of hydrogen-bond acceptors (Lipinski definition) is 3. The summed E-state index contributed by atoms with van der Waals surface area (Å²) in [5, 5.41) is 2.33. The summed E-state index contributed by atoms with van der Waals surface area (Å²) in [5.41, 5.74) is 6.10. The minimum Gasteiger partial charge on any atom is -0.410 e. The van der Waals surface area contributed by atoms with Crippen LogP contribution in [0.2, 0.25) is 0 Å². The third-order valence-electron chi connectivity index (χ3n) is 2.46. The average molecular weight is 260 g/mol. The largest absolute Gasteiger partial charge is 0.417 e. The fraction of sp³-hybridized carbons (Fsp3) is 0.0714. The lowest BCUT2D eigenvalue weighted by atomic mass is 10.2. The highest BCUT2D eigenvalue weighted by molar-refractivity contribution is 5.86. The average Bonchev–Trinajstić information content (AvgIpc) is 2.42. The Hall–Kier alpha value is -2.40. The van der Waals surface area contributed by atoms with E-state index in [4.69, 9.17) is 10.5 Å². The molecule has 0 aromatic heterocycles. The number of amides is 1. The molecule has 0 aliphatic carbocycles. The van der Waals surface area contributed by atoms with Crippen LogP contribution in [0.15, 0.2) is 48.5 Å². The SMILES string of the molecule is NCc1ccc(NC(=O)Oc2ccccc2)c(F)c1. The summed E-state index contributed by atoms with van der Waals surface area (Å²) in [6.45, 7) is 0.242. The van der Waals surface area contributed by atoms with Crippen molar-refractivity contribution < 1.29 is 13.9 Å². The molecule has 0 fully saturated rings. The number of rotatable bonds is 3. The topological polar surface area (TPSA) is 64.3 Å². The Morgan fingerprint density at radius 3 is 2.58 bits per heavy atom. The molecule has 0 radical (unpaired) electrons. The highest BCUT2D eigenvalue weighted by Crippen LogP contribution is 2.16. The second kappa shape index (κ2) is 5.97. The van der Waals surface area contributed by atoms with Crippen LogP contribution in [0.4, 0.5) is 14.9 Å². The van der Waals surface area contributed by atoms with Crippen molar-refractivity contribution in [1.82, 2.24) is 0 Å². The van der Waals surface area contributed by atoms with Gasteiger partial charge in [-0.1, -0.05) is 24.3 Å². The summed E-state index contributed by atoms with van der Waals surface area (Å²) >= 11 is 0. The minimum atomic E-state index is -0.745. The Balaban J connectivity index is 2.03. The van der Waals surface area contributed by atoms with Crippen LogP contribution in [0.3, 0.4) is 0 Å². The van der Waals surface area contributed by atoms with E-state index in [1.54, 1.807) is 36.4 Å². The first-order valence-corrected chi connectivity index (χ1v) is 5.71. The Labute approximate surface area is 110 Å². The van der Waals surface area contributed by atoms with Crippen LogP contribution < -0.4 is 15.8 Å². The van der Waals surface area contributed by atoms with Crippen LogP contribution in [0.25, 0.3) is 0 Å². The molecule has 2 aromatic carbocycles. The summed E-state index contributed by atoms with van der Waals surface area (Å²) in [5.74, 6) is -0.160.